The molecule has 6 nitrogen and oxygen atoms in total. The summed E-state index contributed by atoms with van der Waals surface area (Å²) in [5.41, 5.74) is 2.11. The first-order chi connectivity index (χ1) is 13.5. The molecule has 0 fully saturated rings. The number of benzene rings is 2. The van der Waals surface area contributed by atoms with Crippen LogP contribution in [0.25, 0.3) is 17.0 Å². The van der Waals surface area contributed by atoms with E-state index in [1.165, 1.54) is 18.7 Å². The first-order valence-corrected chi connectivity index (χ1v) is 9.79. The van der Waals surface area contributed by atoms with Gasteiger partial charge in [-0.3, -0.25) is 4.79 Å². The molecule has 4 aromatic rings. The molecule has 4 rings (SSSR count). The van der Waals surface area contributed by atoms with Crippen LogP contribution in [0.15, 0.2) is 64.5 Å². The Labute approximate surface area is 174 Å². The van der Waals surface area contributed by atoms with Crippen LogP contribution < -0.4 is 5.32 Å². The van der Waals surface area contributed by atoms with Crippen molar-refractivity contribution in [2.45, 2.75) is 16.8 Å². The molecule has 0 spiro atoms. The van der Waals surface area contributed by atoms with Crippen LogP contribution in [0.3, 0.4) is 0 Å². The summed E-state index contributed by atoms with van der Waals surface area (Å²) in [7, 11) is 0. The van der Waals surface area contributed by atoms with E-state index < -0.39 is 0 Å². The van der Waals surface area contributed by atoms with Gasteiger partial charge < -0.3 is 5.32 Å². The highest BCUT2D eigenvalue weighted by Gasteiger charge is 2.12. The molecule has 28 heavy (non-hydrogen) atoms. The van der Waals surface area contributed by atoms with E-state index in [9.17, 15) is 4.79 Å². The minimum Gasteiger partial charge on any atom is -0.326 e. The van der Waals surface area contributed by atoms with Crippen molar-refractivity contribution in [1.29, 1.82) is 0 Å². The molecule has 1 amide bonds. The van der Waals surface area contributed by atoms with Gasteiger partial charge in [-0.2, -0.15) is 9.61 Å². The molecule has 1 N–H and O–H groups in total. The lowest BCUT2D eigenvalue weighted by molar-refractivity contribution is -0.114. The number of nitrogens with zero attached hydrogens (tertiary/aromatic N) is 4. The summed E-state index contributed by atoms with van der Waals surface area (Å²) in [6.45, 7) is 1.48. The molecule has 0 saturated carbocycles. The lowest BCUT2D eigenvalue weighted by atomic mass is 10.2. The van der Waals surface area contributed by atoms with Crippen LogP contribution in [-0.2, 0) is 4.79 Å². The Morgan fingerprint density at radius 1 is 1.00 bits per heavy atom. The van der Waals surface area contributed by atoms with Crippen molar-refractivity contribution in [3.8, 4) is 11.4 Å². The van der Waals surface area contributed by atoms with Gasteiger partial charge in [-0.25, -0.2) is 0 Å². The van der Waals surface area contributed by atoms with Gasteiger partial charge >= 0.3 is 0 Å². The second kappa shape index (κ2) is 7.79. The van der Waals surface area contributed by atoms with Crippen molar-refractivity contribution in [3.63, 3.8) is 0 Å². The summed E-state index contributed by atoms with van der Waals surface area (Å²) in [5.74, 6) is 0.455. The van der Waals surface area contributed by atoms with Crippen LogP contribution in [-0.4, -0.2) is 25.7 Å². The van der Waals surface area contributed by atoms with Gasteiger partial charge in [-0.15, -0.1) is 10.2 Å². The Kier molecular flexibility index (Phi) is 5.21. The predicted molar refractivity (Wildman–Crippen MR) is 111 cm³/mol. The highest BCUT2D eigenvalue weighted by atomic mass is 35.5. The Bertz CT molecular complexity index is 1160. The first-order valence-electron chi connectivity index (χ1n) is 8.22. The van der Waals surface area contributed by atoms with Gasteiger partial charge in [0.15, 0.2) is 11.5 Å². The third-order valence-electron chi connectivity index (χ3n) is 3.76. The zero-order valence-electron chi connectivity index (χ0n) is 14.6. The lowest BCUT2D eigenvalue weighted by Crippen LogP contribution is -2.05. The summed E-state index contributed by atoms with van der Waals surface area (Å²) >= 11 is 13.7. The summed E-state index contributed by atoms with van der Waals surface area (Å²) in [5, 5.41) is 17.6. The van der Waals surface area contributed by atoms with E-state index >= 15 is 0 Å². The van der Waals surface area contributed by atoms with E-state index in [0.29, 0.717) is 21.5 Å². The van der Waals surface area contributed by atoms with Gasteiger partial charge in [0.2, 0.25) is 5.91 Å². The number of halogens is 2. The fraction of sp³-hybridized carbons (Fsp3) is 0.0526. The van der Waals surface area contributed by atoms with Crippen molar-refractivity contribution in [1.82, 2.24) is 19.8 Å². The number of hydrogen-bond donors (Lipinski definition) is 1. The van der Waals surface area contributed by atoms with Crippen LogP contribution in [0.5, 0.6) is 0 Å². The van der Waals surface area contributed by atoms with Crippen LogP contribution in [0.2, 0.25) is 10.0 Å². The molecule has 2 aromatic carbocycles. The molecule has 0 aliphatic rings. The van der Waals surface area contributed by atoms with E-state index in [4.69, 9.17) is 23.2 Å². The molecule has 2 aromatic heterocycles. The van der Waals surface area contributed by atoms with Crippen molar-refractivity contribution in [2.24, 2.45) is 0 Å². The van der Waals surface area contributed by atoms with Crippen molar-refractivity contribution < 1.29 is 4.79 Å². The summed E-state index contributed by atoms with van der Waals surface area (Å²) in [6.07, 6.45) is 0. The molecule has 0 aliphatic heterocycles. The molecule has 9 heteroatoms. The maximum atomic E-state index is 11.1. The average molecular weight is 430 g/mol. The number of hydrogen-bond acceptors (Lipinski definition) is 5. The number of carbonyl (C=O) groups is 1. The van der Waals surface area contributed by atoms with Gasteiger partial charge in [-0.1, -0.05) is 35.0 Å². The van der Waals surface area contributed by atoms with Gasteiger partial charge in [0.05, 0.1) is 0 Å². The van der Waals surface area contributed by atoms with Crippen LogP contribution >= 0.6 is 35.0 Å². The molecular formula is C19H13Cl2N5OS. The molecule has 0 aliphatic carbocycles. The molecule has 140 valence electrons. The number of anilines is 1. The monoisotopic (exact) mass is 429 g/mol. The normalized spacial score (nSPS) is 11.0. The Hall–Kier alpha value is -2.61. The van der Waals surface area contributed by atoms with Crippen molar-refractivity contribution in [2.75, 3.05) is 5.32 Å². The summed E-state index contributed by atoms with van der Waals surface area (Å²) < 4.78 is 1.66. The Morgan fingerprint density at radius 3 is 2.39 bits per heavy atom. The second-order valence-electron chi connectivity index (χ2n) is 5.93. The number of fused-ring (bicyclic) bond motifs is 1. The third kappa shape index (κ3) is 4.11. The van der Waals surface area contributed by atoms with E-state index in [1.54, 1.807) is 22.7 Å². The van der Waals surface area contributed by atoms with E-state index in [1.807, 2.05) is 36.4 Å². The maximum Gasteiger partial charge on any atom is 0.221 e. The Balaban J connectivity index is 1.65. The minimum atomic E-state index is -0.103. The average Bonchev–Trinajstić information content (AvgIpc) is 3.05. The third-order valence-corrected chi connectivity index (χ3v) is 5.13. The van der Waals surface area contributed by atoms with Crippen LogP contribution in [0.1, 0.15) is 6.92 Å². The molecule has 0 unspecified atom stereocenters. The van der Waals surface area contributed by atoms with E-state index in [2.05, 4.69) is 20.6 Å². The fourth-order valence-corrected chi connectivity index (χ4v) is 3.92. The highest BCUT2D eigenvalue weighted by molar-refractivity contribution is 7.99. The molecule has 0 bridgehead atoms. The summed E-state index contributed by atoms with van der Waals surface area (Å²) in [6, 6.07) is 16.5. The summed E-state index contributed by atoms with van der Waals surface area (Å²) in [4.78, 5) is 12.1. The smallest absolute Gasteiger partial charge is 0.221 e. The fourth-order valence-electron chi connectivity index (χ4n) is 2.62. The molecular weight excluding hydrogens is 417 g/mol. The number of amides is 1. The molecule has 0 radical (unpaired) electrons. The molecule has 0 atom stereocenters. The van der Waals surface area contributed by atoms with Gasteiger partial charge in [-0.05, 0) is 54.6 Å². The predicted octanol–water partition coefficient (Wildman–Crippen LogP) is 5.21. The van der Waals surface area contributed by atoms with Gasteiger partial charge in [0.1, 0.15) is 5.03 Å². The van der Waals surface area contributed by atoms with Crippen LogP contribution in [0.4, 0.5) is 5.69 Å². The minimum absolute atomic E-state index is 0.103. The first kappa shape index (κ1) is 18.7. The maximum absolute atomic E-state index is 11.1. The standard InChI is InChI=1S/C19H13Cl2N5OS/c1-11(27)22-15-2-4-16(5-3-15)28-18-7-6-17-23-24-19(26(17)25-18)12-8-13(20)10-14(21)9-12/h2-10H,1H3,(H,22,27). The SMILES string of the molecule is CC(=O)Nc1ccc(Sc2ccc3nnc(-c4cc(Cl)cc(Cl)c4)n3n2)cc1. The van der Waals surface area contributed by atoms with Crippen molar-refractivity contribution in [3.05, 3.63) is 64.6 Å². The zero-order valence-corrected chi connectivity index (χ0v) is 16.9. The number of aromatic nitrogens is 4. The highest BCUT2D eigenvalue weighted by Crippen LogP contribution is 2.29. The number of carbonyl (C=O) groups excluding carboxylic acids is 1. The topological polar surface area (TPSA) is 72.2 Å². The van der Waals surface area contributed by atoms with E-state index in [-0.39, 0.29) is 5.91 Å². The van der Waals surface area contributed by atoms with Crippen LogP contribution in [0, 0.1) is 0 Å². The van der Waals surface area contributed by atoms with Gasteiger partial charge in [0, 0.05) is 33.1 Å². The Morgan fingerprint density at radius 2 is 1.71 bits per heavy atom. The quantitative estimate of drug-likeness (QED) is 0.481. The molecule has 2 heterocycles. The zero-order chi connectivity index (χ0) is 19.7. The van der Waals surface area contributed by atoms with E-state index in [0.717, 1.165) is 21.2 Å². The van der Waals surface area contributed by atoms with Crippen molar-refractivity contribution >= 4 is 52.2 Å². The molecule has 0 saturated heterocycles. The second-order valence-corrected chi connectivity index (χ2v) is 7.90. The number of nitrogens with one attached hydrogen (secondary N) is 1. The number of rotatable bonds is 4. The lowest BCUT2D eigenvalue weighted by Gasteiger charge is -2.05. The largest absolute Gasteiger partial charge is 0.326 e. The van der Waals surface area contributed by atoms with Gasteiger partial charge in [0.25, 0.3) is 0 Å².